The van der Waals surface area contributed by atoms with Gasteiger partial charge in [-0.05, 0) is 7.05 Å². The van der Waals surface area contributed by atoms with E-state index >= 15 is 0 Å². The number of nitriles is 1. The molecule has 2 rings (SSSR count). The summed E-state index contributed by atoms with van der Waals surface area (Å²) in [5.74, 6) is 0.863. The zero-order valence-electron chi connectivity index (χ0n) is 8.72. The van der Waals surface area contributed by atoms with Crippen molar-refractivity contribution in [3.8, 4) is 6.07 Å². The summed E-state index contributed by atoms with van der Waals surface area (Å²) in [5, 5.41) is 8.60. The summed E-state index contributed by atoms with van der Waals surface area (Å²) in [5.41, 5.74) is 0.368. The SMILES string of the molecule is CN1CCN(c2cnc(C#N)cn2)CC1. The van der Waals surface area contributed by atoms with Gasteiger partial charge in [0, 0.05) is 26.2 Å². The van der Waals surface area contributed by atoms with Gasteiger partial charge in [0.05, 0.1) is 12.4 Å². The minimum absolute atomic E-state index is 0.368. The molecule has 0 amide bonds. The molecule has 0 atom stereocenters. The number of hydrogen-bond donors (Lipinski definition) is 0. The van der Waals surface area contributed by atoms with E-state index in [1.54, 1.807) is 6.20 Å². The molecular weight excluding hydrogens is 190 g/mol. The van der Waals surface area contributed by atoms with Gasteiger partial charge in [0.15, 0.2) is 5.69 Å². The largest absolute Gasteiger partial charge is 0.353 e. The maximum absolute atomic E-state index is 8.60. The first-order valence-electron chi connectivity index (χ1n) is 4.95. The molecule has 5 nitrogen and oxygen atoms in total. The Morgan fingerprint density at radius 2 is 1.93 bits per heavy atom. The second kappa shape index (κ2) is 4.24. The molecule has 1 aromatic heterocycles. The fourth-order valence-electron chi connectivity index (χ4n) is 1.58. The van der Waals surface area contributed by atoms with Gasteiger partial charge < -0.3 is 9.80 Å². The van der Waals surface area contributed by atoms with Crippen molar-refractivity contribution >= 4 is 5.82 Å². The van der Waals surface area contributed by atoms with E-state index in [9.17, 15) is 0 Å². The van der Waals surface area contributed by atoms with Crippen LogP contribution < -0.4 is 4.90 Å². The standard InChI is InChI=1S/C10H13N5/c1-14-2-4-15(5-3-14)10-8-12-9(6-11)7-13-10/h7-8H,2-5H2,1H3. The highest BCUT2D eigenvalue weighted by molar-refractivity contribution is 5.37. The Morgan fingerprint density at radius 3 is 2.47 bits per heavy atom. The Bertz CT molecular complexity index is 358. The van der Waals surface area contributed by atoms with E-state index in [1.807, 2.05) is 6.07 Å². The Kier molecular flexibility index (Phi) is 2.79. The first-order chi connectivity index (χ1) is 7.29. The highest BCUT2D eigenvalue weighted by Gasteiger charge is 2.15. The highest BCUT2D eigenvalue weighted by Crippen LogP contribution is 2.11. The van der Waals surface area contributed by atoms with Crippen LogP contribution in [-0.2, 0) is 0 Å². The average molecular weight is 203 g/mol. The van der Waals surface area contributed by atoms with Crippen molar-refractivity contribution in [3.63, 3.8) is 0 Å². The second-order valence-electron chi connectivity index (χ2n) is 3.66. The fourth-order valence-corrected chi connectivity index (χ4v) is 1.58. The molecule has 5 heteroatoms. The summed E-state index contributed by atoms with van der Waals surface area (Å²) in [7, 11) is 2.11. The highest BCUT2D eigenvalue weighted by atomic mass is 15.3. The summed E-state index contributed by atoms with van der Waals surface area (Å²) in [4.78, 5) is 12.7. The number of anilines is 1. The van der Waals surface area contributed by atoms with Crippen molar-refractivity contribution in [2.75, 3.05) is 38.1 Å². The molecule has 15 heavy (non-hydrogen) atoms. The fraction of sp³-hybridized carbons (Fsp3) is 0.500. The van der Waals surface area contributed by atoms with Crippen LogP contribution in [0.25, 0.3) is 0 Å². The Labute approximate surface area is 89.0 Å². The lowest BCUT2D eigenvalue weighted by atomic mass is 10.3. The van der Waals surface area contributed by atoms with Crippen LogP contribution in [0.4, 0.5) is 5.82 Å². The molecule has 0 saturated carbocycles. The predicted molar refractivity (Wildman–Crippen MR) is 56.5 cm³/mol. The van der Waals surface area contributed by atoms with Gasteiger partial charge in [0.1, 0.15) is 11.9 Å². The molecule has 0 radical (unpaired) electrons. The minimum atomic E-state index is 0.368. The lowest BCUT2D eigenvalue weighted by molar-refractivity contribution is 0.312. The summed E-state index contributed by atoms with van der Waals surface area (Å²) in [6, 6.07) is 1.96. The van der Waals surface area contributed by atoms with E-state index in [2.05, 4.69) is 26.8 Å². The zero-order valence-corrected chi connectivity index (χ0v) is 8.72. The van der Waals surface area contributed by atoms with Crippen LogP contribution in [-0.4, -0.2) is 48.1 Å². The molecule has 0 N–H and O–H groups in total. The quantitative estimate of drug-likeness (QED) is 0.648. The van der Waals surface area contributed by atoms with Gasteiger partial charge in [-0.25, -0.2) is 9.97 Å². The molecule has 0 spiro atoms. The smallest absolute Gasteiger partial charge is 0.158 e. The van der Waals surface area contributed by atoms with Crippen LogP contribution in [0.15, 0.2) is 12.4 Å². The van der Waals surface area contributed by atoms with Crippen molar-refractivity contribution in [2.45, 2.75) is 0 Å². The Morgan fingerprint density at radius 1 is 1.20 bits per heavy atom. The molecule has 0 aliphatic carbocycles. The van der Waals surface area contributed by atoms with Gasteiger partial charge in [-0.3, -0.25) is 0 Å². The third-order valence-electron chi connectivity index (χ3n) is 2.58. The van der Waals surface area contributed by atoms with E-state index in [-0.39, 0.29) is 0 Å². The van der Waals surface area contributed by atoms with Crippen LogP contribution in [0.5, 0.6) is 0 Å². The van der Waals surface area contributed by atoms with Crippen molar-refractivity contribution < 1.29 is 0 Å². The van der Waals surface area contributed by atoms with Gasteiger partial charge in [-0.2, -0.15) is 5.26 Å². The van der Waals surface area contributed by atoms with Gasteiger partial charge in [0.25, 0.3) is 0 Å². The molecule has 0 bridgehead atoms. The molecule has 1 saturated heterocycles. The van der Waals surface area contributed by atoms with Crippen LogP contribution in [0, 0.1) is 11.3 Å². The van der Waals surface area contributed by atoms with Crippen molar-refractivity contribution in [3.05, 3.63) is 18.1 Å². The number of piperazine rings is 1. The molecule has 1 aliphatic heterocycles. The van der Waals surface area contributed by atoms with Gasteiger partial charge in [-0.1, -0.05) is 0 Å². The summed E-state index contributed by atoms with van der Waals surface area (Å²) in [6.45, 7) is 4.03. The molecule has 0 unspecified atom stereocenters. The molecule has 1 fully saturated rings. The molecule has 78 valence electrons. The Hall–Kier alpha value is -1.67. The van der Waals surface area contributed by atoms with Crippen molar-refractivity contribution in [2.24, 2.45) is 0 Å². The number of likely N-dealkylation sites (N-methyl/N-ethyl adjacent to an activating group) is 1. The topological polar surface area (TPSA) is 56.0 Å². The molecule has 0 aromatic carbocycles. The van der Waals surface area contributed by atoms with E-state index in [0.29, 0.717) is 5.69 Å². The van der Waals surface area contributed by atoms with E-state index in [1.165, 1.54) is 6.20 Å². The van der Waals surface area contributed by atoms with Crippen molar-refractivity contribution in [1.82, 2.24) is 14.9 Å². The monoisotopic (exact) mass is 203 g/mol. The Balaban J connectivity index is 2.07. The van der Waals surface area contributed by atoms with Gasteiger partial charge >= 0.3 is 0 Å². The van der Waals surface area contributed by atoms with Crippen LogP contribution in [0.2, 0.25) is 0 Å². The van der Waals surface area contributed by atoms with E-state index in [0.717, 1.165) is 32.0 Å². The zero-order chi connectivity index (χ0) is 10.7. The van der Waals surface area contributed by atoms with E-state index < -0.39 is 0 Å². The first kappa shape index (κ1) is 9.87. The molecule has 2 heterocycles. The molecular formula is C10H13N5. The molecule has 1 aromatic rings. The molecule has 1 aliphatic rings. The van der Waals surface area contributed by atoms with Gasteiger partial charge in [-0.15, -0.1) is 0 Å². The third-order valence-corrected chi connectivity index (χ3v) is 2.58. The normalized spacial score (nSPS) is 17.5. The number of aromatic nitrogens is 2. The number of hydrogen-bond acceptors (Lipinski definition) is 5. The van der Waals surface area contributed by atoms with Crippen LogP contribution in [0.3, 0.4) is 0 Å². The van der Waals surface area contributed by atoms with Crippen LogP contribution in [0.1, 0.15) is 5.69 Å². The summed E-state index contributed by atoms with van der Waals surface area (Å²) in [6.07, 6.45) is 3.19. The minimum Gasteiger partial charge on any atom is -0.353 e. The lowest BCUT2D eigenvalue weighted by Crippen LogP contribution is -2.44. The maximum Gasteiger partial charge on any atom is 0.158 e. The summed E-state index contributed by atoms with van der Waals surface area (Å²) >= 11 is 0. The van der Waals surface area contributed by atoms with E-state index in [4.69, 9.17) is 5.26 Å². The first-order valence-corrected chi connectivity index (χ1v) is 4.95. The van der Waals surface area contributed by atoms with Gasteiger partial charge in [0.2, 0.25) is 0 Å². The van der Waals surface area contributed by atoms with Crippen molar-refractivity contribution in [1.29, 1.82) is 5.26 Å². The lowest BCUT2D eigenvalue weighted by Gasteiger charge is -2.32. The third kappa shape index (κ3) is 2.22. The predicted octanol–water partition coefficient (Wildman–Crippen LogP) is 0.100. The maximum atomic E-state index is 8.60. The second-order valence-corrected chi connectivity index (χ2v) is 3.66. The number of rotatable bonds is 1. The average Bonchev–Trinajstić information content (AvgIpc) is 2.30. The van der Waals surface area contributed by atoms with Crippen LogP contribution >= 0.6 is 0 Å². The summed E-state index contributed by atoms with van der Waals surface area (Å²) < 4.78 is 0. The number of nitrogens with zero attached hydrogens (tertiary/aromatic N) is 5.